The average Bonchev–Trinajstić information content (AvgIpc) is 2.38. The molecule has 0 heterocycles. The van der Waals surface area contributed by atoms with Crippen molar-refractivity contribution in [2.45, 2.75) is 32.9 Å². The molecular formula is C14H22ClNO2. The van der Waals surface area contributed by atoms with Gasteiger partial charge in [-0.25, -0.2) is 0 Å². The van der Waals surface area contributed by atoms with Gasteiger partial charge in [0.1, 0.15) is 5.75 Å². The van der Waals surface area contributed by atoms with Crippen LogP contribution in [-0.4, -0.2) is 26.4 Å². The second-order valence-corrected chi connectivity index (χ2v) is 4.64. The van der Waals surface area contributed by atoms with Gasteiger partial charge in [0.2, 0.25) is 0 Å². The summed E-state index contributed by atoms with van der Waals surface area (Å²) >= 11 is 6.19. The van der Waals surface area contributed by atoms with E-state index < -0.39 is 0 Å². The molecule has 1 unspecified atom stereocenters. The molecule has 0 aliphatic carbocycles. The predicted molar refractivity (Wildman–Crippen MR) is 75.4 cm³/mol. The molecular weight excluding hydrogens is 250 g/mol. The van der Waals surface area contributed by atoms with Gasteiger partial charge in [0, 0.05) is 25.8 Å². The Kier molecular flexibility index (Phi) is 7.09. The van der Waals surface area contributed by atoms with Crippen LogP contribution in [0.15, 0.2) is 18.2 Å². The van der Waals surface area contributed by atoms with E-state index in [0.717, 1.165) is 30.8 Å². The molecule has 1 aromatic rings. The summed E-state index contributed by atoms with van der Waals surface area (Å²) in [7, 11) is 1.69. The summed E-state index contributed by atoms with van der Waals surface area (Å²) in [6.07, 6.45) is 1.13. The van der Waals surface area contributed by atoms with Crippen molar-refractivity contribution in [3.05, 3.63) is 28.8 Å². The Morgan fingerprint density at radius 3 is 2.83 bits per heavy atom. The second-order valence-electron chi connectivity index (χ2n) is 4.23. The van der Waals surface area contributed by atoms with E-state index in [0.29, 0.717) is 11.6 Å². The molecule has 1 aromatic carbocycles. The summed E-state index contributed by atoms with van der Waals surface area (Å²) in [5.41, 5.74) is 1.08. The molecule has 0 aromatic heterocycles. The molecule has 0 radical (unpaired) electrons. The number of nitrogens with one attached hydrogen (secondary N) is 1. The molecule has 1 N–H and O–H groups in total. The summed E-state index contributed by atoms with van der Waals surface area (Å²) < 4.78 is 10.9. The Morgan fingerprint density at radius 1 is 1.39 bits per heavy atom. The predicted octanol–water partition coefficient (Wildman–Crippen LogP) is 3.25. The van der Waals surface area contributed by atoms with Gasteiger partial charge in [-0.3, -0.25) is 0 Å². The minimum atomic E-state index is 0.169. The second kappa shape index (κ2) is 8.35. The first-order valence-electron chi connectivity index (χ1n) is 6.32. The van der Waals surface area contributed by atoms with E-state index in [2.05, 4.69) is 12.2 Å². The highest BCUT2D eigenvalue weighted by Crippen LogP contribution is 2.29. The summed E-state index contributed by atoms with van der Waals surface area (Å²) in [6, 6.07) is 5.83. The third-order valence-electron chi connectivity index (χ3n) is 2.74. The van der Waals surface area contributed by atoms with Gasteiger partial charge in [0.25, 0.3) is 0 Å². The third kappa shape index (κ3) is 4.84. The van der Waals surface area contributed by atoms with Crippen molar-refractivity contribution in [1.82, 2.24) is 5.32 Å². The lowest BCUT2D eigenvalue weighted by atomic mass is 10.2. The van der Waals surface area contributed by atoms with Crippen molar-refractivity contribution in [2.75, 3.05) is 20.3 Å². The number of methoxy groups -OCH3 is 1. The number of benzene rings is 1. The molecule has 0 aliphatic heterocycles. The van der Waals surface area contributed by atoms with Crippen molar-refractivity contribution < 1.29 is 9.47 Å². The Bertz CT molecular complexity index is 358. The fourth-order valence-electron chi connectivity index (χ4n) is 1.51. The molecule has 102 valence electrons. The topological polar surface area (TPSA) is 30.5 Å². The van der Waals surface area contributed by atoms with E-state index in [1.807, 2.05) is 25.1 Å². The average molecular weight is 272 g/mol. The van der Waals surface area contributed by atoms with Crippen molar-refractivity contribution in [3.8, 4) is 5.75 Å². The lowest BCUT2D eigenvalue weighted by molar-refractivity contribution is 0.198. The van der Waals surface area contributed by atoms with E-state index in [-0.39, 0.29) is 6.10 Å². The van der Waals surface area contributed by atoms with E-state index in [4.69, 9.17) is 21.1 Å². The van der Waals surface area contributed by atoms with Crippen LogP contribution in [0.25, 0.3) is 0 Å². The molecule has 0 spiro atoms. The quantitative estimate of drug-likeness (QED) is 0.736. The monoisotopic (exact) mass is 271 g/mol. The first-order chi connectivity index (χ1) is 8.69. The standard InChI is InChI=1S/C14H22ClNO2/c1-4-11(2)18-14-12(6-5-7-13(14)15)10-16-8-9-17-3/h5-7,11,16H,4,8-10H2,1-3H3. The minimum Gasteiger partial charge on any atom is -0.489 e. The Morgan fingerprint density at radius 2 is 2.17 bits per heavy atom. The normalized spacial score (nSPS) is 12.4. The maximum atomic E-state index is 6.19. The van der Waals surface area contributed by atoms with Crippen LogP contribution >= 0.6 is 11.6 Å². The van der Waals surface area contributed by atoms with Crippen LogP contribution in [-0.2, 0) is 11.3 Å². The highest BCUT2D eigenvalue weighted by Gasteiger charge is 2.10. The Labute approximate surface area is 114 Å². The van der Waals surface area contributed by atoms with Crippen molar-refractivity contribution in [3.63, 3.8) is 0 Å². The molecule has 0 fully saturated rings. The molecule has 0 bridgehead atoms. The molecule has 0 saturated carbocycles. The molecule has 0 amide bonds. The van der Waals surface area contributed by atoms with E-state index in [1.165, 1.54) is 0 Å². The molecule has 0 aliphatic rings. The van der Waals surface area contributed by atoms with Crippen LogP contribution in [0.3, 0.4) is 0 Å². The highest BCUT2D eigenvalue weighted by atomic mass is 35.5. The number of hydrogen-bond acceptors (Lipinski definition) is 3. The molecule has 3 nitrogen and oxygen atoms in total. The highest BCUT2D eigenvalue weighted by molar-refractivity contribution is 6.32. The maximum Gasteiger partial charge on any atom is 0.142 e. The van der Waals surface area contributed by atoms with Crippen molar-refractivity contribution >= 4 is 11.6 Å². The zero-order valence-corrected chi connectivity index (χ0v) is 12.1. The van der Waals surface area contributed by atoms with Gasteiger partial charge in [0.05, 0.1) is 17.7 Å². The van der Waals surface area contributed by atoms with Gasteiger partial charge in [-0.2, -0.15) is 0 Å². The summed E-state index contributed by atoms with van der Waals surface area (Å²) in [4.78, 5) is 0. The van der Waals surface area contributed by atoms with Gasteiger partial charge < -0.3 is 14.8 Å². The zero-order valence-electron chi connectivity index (χ0n) is 11.3. The minimum absolute atomic E-state index is 0.169. The van der Waals surface area contributed by atoms with Crippen molar-refractivity contribution in [1.29, 1.82) is 0 Å². The number of rotatable bonds is 8. The Hall–Kier alpha value is -0.770. The molecule has 18 heavy (non-hydrogen) atoms. The number of halogens is 1. The van der Waals surface area contributed by atoms with Gasteiger partial charge in [0.15, 0.2) is 0 Å². The first kappa shape index (κ1) is 15.3. The SMILES string of the molecule is CCC(C)Oc1c(Cl)cccc1CNCCOC. The molecule has 1 atom stereocenters. The van der Waals surface area contributed by atoms with Gasteiger partial charge in [-0.05, 0) is 19.4 Å². The van der Waals surface area contributed by atoms with Gasteiger partial charge >= 0.3 is 0 Å². The van der Waals surface area contributed by atoms with E-state index in [1.54, 1.807) is 7.11 Å². The maximum absolute atomic E-state index is 6.19. The number of hydrogen-bond donors (Lipinski definition) is 1. The fourth-order valence-corrected chi connectivity index (χ4v) is 1.75. The Balaban J connectivity index is 2.67. The smallest absolute Gasteiger partial charge is 0.142 e. The molecule has 4 heteroatoms. The lowest BCUT2D eigenvalue weighted by Gasteiger charge is -2.17. The molecule has 1 rings (SSSR count). The van der Waals surface area contributed by atoms with Crippen LogP contribution in [0.5, 0.6) is 5.75 Å². The third-order valence-corrected chi connectivity index (χ3v) is 3.04. The van der Waals surface area contributed by atoms with Crippen LogP contribution in [0.1, 0.15) is 25.8 Å². The van der Waals surface area contributed by atoms with Gasteiger partial charge in [-0.1, -0.05) is 30.7 Å². The molecule has 0 saturated heterocycles. The largest absolute Gasteiger partial charge is 0.489 e. The first-order valence-corrected chi connectivity index (χ1v) is 6.70. The van der Waals surface area contributed by atoms with Crippen LogP contribution in [0.2, 0.25) is 5.02 Å². The summed E-state index contributed by atoms with van der Waals surface area (Å²) in [6.45, 7) is 6.38. The number of ether oxygens (including phenoxy) is 2. The zero-order chi connectivity index (χ0) is 13.4. The van der Waals surface area contributed by atoms with E-state index in [9.17, 15) is 0 Å². The number of para-hydroxylation sites is 1. The fraction of sp³-hybridized carbons (Fsp3) is 0.571. The van der Waals surface area contributed by atoms with Crippen LogP contribution in [0.4, 0.5) is 0 Å². The summed E-state index contributed by atoms with van der Waals surface area (Å²) in [5, 5.41) is 3.97. The van der Waals surface area contributed by atoms with Gasteiger partial charge in [-0.15, -0.1) is 0 Å². The lowest BCUT2D eigenvalue weighted by Crippen LogP contribution is -2.20. The van der Waals surface area contributed by atoms with Crippen LogP contribution < -0.4 is 10.1 Å². The van der Waals surface area contributed by atoms with Crippen molar-refractivity contribution in [2.24, 2.45) is 0 Å². The summed E-state index contributed by atoms with van der Waals surface area (Å²) in [5.74, 6) is 0.790. The van der Waals surface area contributed by atoms with Crippen LogP contribution in [0, 0.1) is 0 Å². The van der Waals surface area contributed by atoms with E-state index >= 15 is 0 Å².